The second-order valence-electron chi connectivity index (χ2n) is 6.71. The first-order valence-electron chi connectivity index (χ1n) is 9.00. The number of amides is 2. The van der Waals surface area contributed by atoms with Gasteiger partial charge in [0.1, 0.15) is 11.3 Å². The third kappa shape index (κ3) is 4.43. The molecule has 168 valence electrons. The lowest BCUT2D eigenvalue weighted by molar-refractivity contribution is 0.0937. The minimum atomic E-state index is -3.73. The number of aromatic nitrogens is 2. The number of nitrogens with two attached hydrogens (primary N) is 2. The molecular weight excluding hydrogens is 443 g/mol. The Morgan fingerprint density at radius 2 is 2.00 bits per heavy atom. The SMILES string of the molecule is CN(c1nc(C(=O)NCc2ccc(F)cc2C(N)=O)c(ON)c2ncccc12)S(C)(=O)=O. The van der Waals surface area contributed by atoms with Gasteiger partial charge in [-0.15, -0.1) is 0 Å². The van der Waals surface area contributed by atoms with Crippen LogP contribution >= 0.6 is 0 Å². The molecule has 13 heteroatoms. The van der Waals surface area contributed by atoms with Crippen LogP contribution in [0.1, 0.15) is 26.4 Å². The van der Waals surface area contributed by atoms with E-state index in [1.807, 2.05) is 0 Å². The molecule has 0 aliphatic rings. The molecule has 2 heterocycles. The van der Waals surface area contributed by atoms with Gasteiger partial charge in [-0.25, -0.2) is 17.8 Å². The predicted molar refractivity (Wildman–Crippen MR) is 114 cm³/mol. The molecule has 3 aromatic rings. The van der Waals surface area contributed by atoms with Crippen molar-refractivity contribution in [1.82, 2.24) is 15.3 Å². The standard InChI is InChI=1S/C19H19FN6O5S/c1-26(32(2,29)30)18-12-4-3-7-23-14(12)16(31-22)15(25-18)19(28)24-9-10-5-6-11(20)8-13(10)17(21)27/h3-8H,9,22H2,1-2H3,(H2,21,27)(H,24,28). The molecule has 1 aromatic carbocycles. The Balaban J connectivity index is 2.07. The smallest absolute Gasteiger partial charge is 0.274 e. The molecule has 2 aromatic heterocycles. The van der Waals surface area contributed by atoms with Crippen molar-refractivity contribution in [2.75, 3.05) is 17.6 Å². The summed E-state index contributed by atoms with van der Waals surface area (Å²) in [4.78, 5) is 37.6. The molecule has 2 amide bonds. The summed E-state index contributed by atoms with van der Waals surface area (Å²) >= 11 is 0. The van der Waals surface area contributed by atoms with Gasteiger partial charge in [-0.2, -0.15) is 5.90 Å². The molecule has 32 heavy (non-hydrogen) atoms. The Bertz CT molecular complexity index is 1330. The number of fused-ring (bicyclic) bond motifs is 1. The van der Waals surface area contributed by atoms with Crippen LogP contribution in [0, 0.1) is 5.82 Å². The van der Waals surface area contributed by atoms with Crippen molar-refractivity contribution in [3.8, 4) is 5.75 Å². The number of rotatable bonds is 7. The van der Waals surface area contributed by atoms with Crippen LogP contribution in [0.2, 0.25) is 0 Å². The number of hydrogen-bond donors (Lipinski definition) is 3. The average Bonchev–Trinajstić information content (AvgIpc) is 2.75. The summed E-state index contributed by atoms with van der Waals surface area (Å²) in [6.07, 6.45) is 2.39. The Morgan fingerprint density at radius 1 is 1.28 bits per heavy atom. The summed E-state index contributed by atoms with van der Waals surface area (Å²) in [6, 6.07) is 6.47. The van der Waals surface area contributed by atoms with Crippen molar-refractivity contribution in [3.05, 3.63) is 59.2 Å². The van der Waals surface area contributed by atoms with E-state index in [0.717, 1.165) is 22.7 Å². The van der Waals surface area contributed by atoms with E-state index in [1.54, 1.807) is 12.1 Å². The molecule has 0 fully saturated rings. The fourth-order valence-electron chi connectivity index (χ4n) is 2.95. The second kappa shape index (κ2) is 8.72. The molecule has 5 N–H and O–H groups in total. The first kappa shape index (κ1) is 22.8. The van der Waals surface area contributed by atoms with Gasteiger partial charge in [0.25, 0.3) is 5.91 Å². The van der Waals surface area contributed by atoms with Crippen LogP contribution in [0.3, 0.4) is 0 Å². The molecule has 0 radical (unpaired) electrons. The van der Waals surface area contributed by atoms with Gasteiger partial charge in [0.2, 0.25) is 21.7 Å². The number of nitrogens with one attached hydrogen (secondary N) is 1. The van der Waals surface area contributed by atoms with Crippen molar-refractivity contribution in [2.24, 2.45) is 11.6 Å². The monoisotopic (exact) mass is 462 g/mol. The van der Waals surface area contributed by atoms with Crippen LogP contribution in [-0.2, 0) is 16.6 Å². The highest BCUT2D eigenvalue weighted by Gasteiger charge is 2.26. The zero-order valence-electron chi connectivity index (χ0n) is 17.0. The number of primary amides is 1. The van der Waals surface area contributed by atoms with Crippen LogP contribution in [0.4, 0.5) is 10.2 Å². The van der Waals surface area contributed by atoms with Crippen LogP contribution in [-0.4, -0.2) is 43.5 Å². The maximum Gasteiger partial charge on any atom is 0.274 e. The number of carbonyl (C=O) groups excluding carboxylic acids is 2. The van der Waals surface area contributed by atoms with E-state index in [4.69, 9.17) is 16.5 Å². The number of hydrogen-bond acceptors (Lipinski definition) is 8. The quantitative estimate of drug-likeness (QED) is 0.425. The number of anilines is 1. The van der Waals surface area contributed by atoms with Gasteiger partial charge in [0.15, 0.2) is 11.5 Å². The van der Waals surface area contributed by atoms with E-state index >= 15 is 0 Å². The Kier molecular flexibility index (Phi) is 6.23. The molecular formula is C19H19FN6O5S. The lowest BCUT2D eigenvalue weighted by atomic mass is 10.1. The van der Waals surface area contributed by atoms with Crippen molar-refractivity contribution < 1.29 is 27.2 Å². The molecule has 0 atom stereocenters. The fraction of sp³-hybridized carbons (Fsp3) is 0.158. The highest BCUT2D eigenvalue weighted by Crippen LogP contribution is 2.33. The van der Waals surface area contributed by atoms with Crippen molar-refractivity contribution in [1.29, 1.82) is 0 Å². The summed E-state index contributed by atoms with van der Waals surface area (Å²) in [7, 11) is -2.46. The Hall–Kier alpha value is -3.84. The fourth-order valence-corrected chi connectivity index (χ4v) is 3.40. The number of benzene rings is 1. The van der Waals surface area contributed by atoms with Gasteiger partial charge < -0.3 is 15.9 Å². The summed E-state index contributed by atoms with van der Waals surface area (Å²) in [5.41, 5.74) is 5.19. The van der Waals surface area contributed by atoms with Gasteiger partial charge >= 0.3 is 0 Å². The summed E-state index contributed by atoms with van der Waals surface area (Å²) in [6.45, 7) is -0.208. The maximum absolute atomic E-state index is 13.4. The van der Waals surface area contributed by atoms with E-state index in [2.05, 4.69) is 15.3 Å². The molecule has 3 rings (SSSR count). The zero-order valence-corrected chi connectivity index (χ0v) is 17.8. The van der Waals surface area contributed by atoms with Crippen LogP contribution in [0.5, 0.6) is 5.75 Å². The van der Waals surface area contributed by atoms with Gasteiger partial charge in [-0.1, -0.05) is 6.07 Å². The van der Waals surface area contributed by atoms with Gasteiger partial charge in [-0.05, 0) is 29.8 Å². The Morgan fingerprint density at radius 3 is 2.62 bits per heavy atom. The summed E-state index contributed by atoms with van der Waals surface area (Å²) in [5, 5.41) is 2.80. The third-order valence-corrected chi connectivity index (χ3v) is 5.77. The minimum Gasteiger partial charge on any atom is -0.407 e. The number of carbonyl (C=O) groups is 2. The first-order chi connectivity index (χ1) is 15.0. The lowest BCUT2D eigenvalue weighted by Gasteiger charge is -2.20. The van der Waals surface area contributed by atoms with E-state index in [1.165, 1.54) is 19.3 Å². The summed E-state index contributed by atoms with van der Waals surface area (Å²) in [5.74, 6) is 2.77. The van der Waals surface area contributed by atoms with Crippen molar-refractivity contribution in [2.45, 2.75) is 6.54 Å². The molecule has 0 aliphatic carbocycles. The van der Waals surface area contributed by atoms with E-state index < -0.39 is 27.7 Å². The lowest BCUT2D eigenvalue weighted by Crippen LogP contribution is -2.30. The normalized spacial score (nSPS) is 11.2. The number of halogens is 1. The molecule has 11 nitrogen and oxygen atoms in total. The summed E-state index contributed by atoms with van der Waals surface area (Å²) < 4.78 is 38.5. The molecule has 0 unspecified atom stereocenters. The maximum atomic E-state index is 13.4. The van der Waals surface area contributed by atoms with Gasteiger partial charge in [0.05, 0.1) is 6.26 Å². The largest absolute Gasteiger partial charge is 0.407 e. The highest BCUT2D eigenvalue weighted by molar-refractivity contribution is 7.92. The minimum absolute atomic E-state index is 0.0684. The van der Waals surface area contributed by atoms with Crippen molar-refractivity contribution >= 4 is 38.6 Å². The third-order valence-electron chi connectivity index (χ3n) is 4.60. The van der Waals surface area contributed by atoms with Gasteiger partial charge in [-0.3, -0.25) is 18.9 Å². The van der Waals surface area contributed by atoms with Crippen LogP contribution < -0.4 is 26.1 Å². The van der Waals surface area contributed by atoms with E-state index in [9.17, 15) is 22.4 Å². The molecule has 0 saturated heterocycles. The van der Waals surface area contributed by atoms with Crippen LogP contribution in [0.25, 0.3) is 10.9 Å². The Labute approximate surface area is 182 Å². The molecule has 0 bridgehead atoms. The molecule has 0 spiro atoms. The average molecular weight is 462 g/mol. The predicted octanol–water partition coefficient (Wildman–Crippen LogP) is 0.446. The van der Waals surface area contributed by atoms with E-state index in [-0.39, 0.29) is 45.8 Å². The van der Waals surface area contributed by atoms with E-state index in [0.29, 0.717) is 0 Å². The number of sulfonamides is 1. The first-order valence-corrected chi connectivity index (χ1v) is 10.8. The number of pyridine rings is 2. The second-order valence-corrected chi connectivity index (χ2v) is 8.72. The molecule has 0 saturated carbocycles. The highest BCUT2D eigenvalue weighted by atomic mass is 32.2. The number of nitrogens with zero attached hydrogens (tertiary/aromatic N) is 3. The van der Waals surface area contributed by atoms with Gasteiger partial charge in [0, 0.05) is 30.7 Å². The van der Waals surface area contributed by atoms with Crippen molar-refractivity contribution in [3.63, 3.8) is 0 Å². The zero-order chi connectivity index (χ0) is 23.6. The molecule has 0 aliphatic heterocycles. The van der Waals surface area contributed by atoms with Crippen LogP contribution in [0.15, 0.2) is 36.5 Å². The topological polar surface area (TPSA) is 171 Å².